The van der Waals surface area contributed by atoms with Gasteiger partial charge in [-0.1, -0.05) is 66.7 Å². The molecule has 4 bridgehead atoms. The number of thioether (sulfide) groups is 1. The maximum Gasteiger partial charge on any atom is 0.316 e. The number of carbonyl (C=O) groups excluding carboxylic acids is 3. The van der Waals surface area contributed by atoms with E-state index in [2.05, 4.69) is 36.4 Å². The fourth-order valence-electron chi connectivity index (χ4n) is 7.50. The number of benzene rings is 3. The molecule has 6 aliphatic rings. The van der Waals surface area contributed by atoms with Crippen molar-refractivity contribution in [3.63, 3.8) is 0 Å². The first kappa shape index (κ1) is 22.4. The van der Waals surface area contributed by atoms with Gasteiger partial charge in [0.1, 0.15) is 5.75 Å². The SMILES string of the molecule is O=C(OC1C2OC(=O)C3C2SC1C3C(=O)Oc1ccccc1)C1CC2c3ccccc3C1c1ccccc12. The monoisotopic (exact) mass is 524 g/mol. The van der Waals surface area contributed by atoms with Crippen LogP contribution in [-0.2, 0) is 23.9 Å². The van der Waals surface area contributed by atoms with Crippen molar-refractivity contribution in [3.05, 3.63) is 101 Å². The van der Waals surface area contributed by atoms with Crippen molar-refractivity contribution in [1.82, 2.24) is 0 Å². The van der Waals surface area contributed by atoms with E-state index >= 15 is 0 Å². The number of ether oxygens (including phenoxy) is 3. The minimum Gasteiger partial charge on any atom is -0.457 e. The zero-order valence-electron chi connectivity index (χ0n) is 20.3. The van der Waals surface area contributed by atoms with Crippen LogP contribution < -0.4 is 4.74 Å². The van der Waals surface area contributed by atoms with Gasteiger partial charge in [0.15, 0.2) is 12.2 Å². The first-order valence-corrected chi connectivity index (χ1v) is 14.1. The molecule has 7 atom stereocenters. The third kappa shape index (κ3) is 3.05. The number of esters is 3. The molecule has 3 heterocycles. The molecular formula is C31H24O6S. The summed E-state index contributed by atoms with van der Waals surface area (Å²) in [4.78, 5) is 39.9. The second-order valence-electron chi connectivity index (χ2n) is 10.8. The smallest absolute Gasteiger partial charge is 0.316 e. The van der Waals surface area contributed by atoms with Crippen molar-refractivity contribution in [2.45, 2.75) is 41.0 Å². The lowest BCUT2D eigenvalue weighted by Crippen LogP contribution is -2.49. The molecule has 7 unspecified atom stereocenters. The second-order valence-corrected chi connectivity index (χ2v) is 12.1. The maximum absolute atomic E-state index is 13.9. The Hall–Kier alpha value is -3.58. The van der Waals surface area contributed by atoms with Crippen LogP contribution in [0.2, 0.25) is 0 Å². The summed E-state index contributed by atoms with van der Waals surface area (Å²) >= 11 is 1.53. The zero-order chi connectivity index (χ0) is 25.5. The van der Waals surface area contributed by atoms with Crippen LogP contribution in [0.25, 0.3) is 0 Å². The van der Waals surface area contributed by atoms with E-state index < -0.39 is 36.0 Å². The Morgan fingerprint density at radius 2 is 1.42 bits per heavy atom. The van der Waals surface area contributed by atoms with Gasteiger partial charge >= 0.3 is 17.9 Å². The van der Waals surface area contributed by atoms with Crippen molar-refractivity contribution < 1.29 is 28.6 Å². The average Bonchev–Trinajstić information content (AvgIpc) is 3.58. The Kier molecular flexibility index (Phi) is 4.84. The molecule has 0 saturated carbocycles. The third-order valence-electron chi connectivity index (χ3n) is 9.00. The molecule has 7 heteroatoms. The molecule has 3 fully saturated rings. The first-order valence-electron chi connectivity index (χ1n) is 13.1. The number of carbonyl (C=O) groups is 3. The minimum atomic E-state index is -0.710. The molecule has 0 amide bonds. The minimum absolute atomic E-state index is 0.0798. The quantitative estimate of drug-likeness (QED) is 0.368. The Morgan fingerprint density at radius 1 is 0.789 bits per heavy atom. The van der Waals surface area contributed by atoms with Gasteiger partial charge in [-0.3, -0.25) is 14.4 Å². The molecule has 3 aromatic rings. The number of fused-ring (bicyclic) bond motifs is 2. The lowest BCUT2D eigenvalue weighted by atomic mass is 9.59. The van der Waals surface area contributed by atoms with Crippen LogP contribution in [0.3, 0.4) is 0 Å². The highest BCUT2D eigenvalue weighted by Gasteiger charge is 2.71. The molecule has 3 aromatic carbocycles. The summed E-state index contributed by atoms with van der Waals surface area (Å²) in [6, 6.07) is 25.6. The molecule has 3 saturated heterocycles. The summed E-state index contributed by atoms with van der Waals surface area (Å²) in [6.07, 6.45) is -0.509. The third-order valence-corrected chi connectivity index (χ3v) is 10.8. The molecule has 6 nitrogen and oxygen atoms in total. The van der Waals surface area contributed by atoms with Gasteiger partial charge in [0.25, 0.3) is 0 Å². The molecule has 190 valence electrons. The number of hydrogen-bond acceptors (Lipinski definition) is 7. The van der Waals surface area contributed by atoms with E-state index in [-0.39, 0.29) is 34.2 Å². The van der Waals surface area contributed by atoms with Gasteiger partial charge in [-0.25, -0.2) is 0 Å². The van der Waals surface area contributed by atoms with E-state index in [1.54, 1.807) is 24.3 Å². The first-order chi connectivity index (χ1) is 18.6. The van der Waals surface area contributed by atoms with E-state index in [0.29, 0.717) is 12.2 Å². The summed E-state index contributed by atoms with van der Waals surface area (Å²) in [5.41, 5.74) is 4.94. The van der Waals surface area contributed by atoms with E-state index in [4.69, 9.17) is 14.2 Å². The Balaban J connectivity index is 1.08. The van der Waals surface area contributed by atoms with Crippen LogP contribution in [0.15, 0.2) is 78.9 Å². The average molecular weight is 525 g/mol. The van der Waals surface area contributed by atoms with Gasteiger partial charge < -0.3 is 14.2 Å². The lowest BCUT2D eigenvalue weighted by molar-refractivity contribution is -0.165. The van der Waals surface area contributed by atoms with Gasteiger partial charge in [0, 0.05) is 11.8 Å². The summed E-state index contributed by atoms with van der Waals surface area (Å²) in [6.45, 7) is 0. The largest absolute Gasteiger partial charge is 0.457 e. The van der Waals surface area contributed by atoms with Crippen LogP contribution in [-0.4, -0.2) is 40.6 Å². The highest BCUT2D eigenvalue weighted by atomic mass is 32.2. The van der Waals surface area contributed by atoms with E-state index in [9.17, 15) is 14.4 Å². The Labute approximate surface area is 223 Å². The van der Waals surface area contributed by atoms with Gasteiger partial charge in [-0.05, 0) is 40.8 Å². The standard InChI is InChI=1S/C31H24O6S/c32-29(21-14-20-16-10-4-6-12-18(16)22(21)19-13-7-5-11-17(19)20)36-25-26-28-24(31(34)37-26)23(27(25)38-28)30(33)35-15-8-2-1-3-9-15/h1-13,20-28H,14H2. The van der Waals surface area contributed by atoms with Crippen LogP contribution in [0, 0.1) is 17.8 Å². The molecular weight excluding hydrogens is 500 g/mol. The van der Waals surface area contributed by atoms with Crippen LogP contribution >= 0.6 is 11.8 Å². The van der Waals surface area contributed by atoms with E-state index in [1.807, 2.05) is 18.2 Å². The fourth-order valence-corrected chi connectivity index (χ4v) is 9.49. The van der Waals surface area contributed by atoms with E-state index in [0.717, 1.165) is 0 Å². The molecule has 0 N–H and O–H groups in total. The normalized spacial score (nSPS) is 34.8. The number of hydrogen-bond donors (Lipinski definition) is 0. The highest BCUT2D eigenvalue weighted by molar-refractivity contribution is 8.01. The molecule has 9 rings (SSSR count). The van der Waals surface area contributed by atoms with Crippen molar-refractivity contribution in [2.24, 2.45) is 17.8 Å². The summed E-state index contributed by atoms with van der Waals surface area (Å²) in [5, 5.41) is -0.579. The zero-order valence-corrected chi connectivity index (χ0v) is 21.1. The number of rotatable bonds is 4. The van der Waals surface area contributed by atoms with Crippen molar-refractivity contribution >= 4 is 29.7 Å². The van der Waals surface area contributed by atoms with Gasteiger partial charge in [0.2, 0.25) is 0 Å². The predicted molar refractivity (Wildman–Crippen MR) is 139 cm³/mol. The van der Waals surface area contributed by atoms with E-state index in [1.165, 1.54) is 34.0 Å². The Bertz CT molecular complexity index is 1440. The lowest BCUT2D eigenvalue weighted by Gasteiger charge is -2.44. The second kappa shape index (κ2) is 8.21. The molecule has 0 spiro atoms. The Morgan fingerprint density at radius 3 is 2.11 bits per heavy atom. The van der Waals surface area contributed by atoms with Crippen LogP contribution in [0.4, 0.5) is 0 Å². The van der Waals surface area contributed by atoms with Gasteiger partial charge in [0.05, 0.1) is 28.3 Å². The highest BCUT2D eigenvalue weighted by Crippen LogP contribution is 2.60. The summed E-state index contributed by atoms with van der Waals surface area (Å²) in [5.74, 6) is -2.28. The van der Waals surface area contributed by atoms with Gasteiger partial charge in [-0.15, -0.1) is 11.8 Å². The molecule has 0 aromatic heterocycles. The van der Waals surface area contributed by atoms with Gasteiger partial charge in [-0.2, -0.15) is 0 Å². The summed E-state index contributed by atoms with van der Waals surface area (Å²) < 4.78 is 17.6. The predicted octanol–water partition coefficient (Wildman–Crippen LogP) is 4.46. The van der Waals surface area contributed by atoms with Crippen molar-refractivity contribution in [1.29, 1.82) is 0 Å². The van der Waals surface area contributed by atoms with Crippen LogP contribution in [0.1, 0.15) is 40.5 Å². The molecule has 38 heavy (non-hydrogen) atoms. The molecule has 3 aliphatic carbocycles. The van der Waals surface area contributed by atoms with Crippen molar-refractivity contribution in [3.8, 4) is 5.75 Å². The van der Waals surface area contributed by atoms with Crippen molar-refractivity contribution in [2.75, 3.05) is 0 Å². The maximum atomic E-state index is 13.9. The molecule has 0 radical (unpaired) electrons. The number of para-hydroxylation sites is 1. The topological polar surface area (TPSA) is 78.9 Å². The fraction of sp³-hybridized carbons (Fsp3) is 0.323. The van der Waals surface area contributed by atoms with Crippen LogP contribution in [0.5, 0.6) is 5.75 Å². The molecule has 3 aliphatic heterocycles. The summed E-state index contributed by atoms with van der Waals surface area (Å²) in [7, 11) is 0.